The molecule has 0 aliphatic carbocycles. The summed E-state index contributed by atoms with van der Waals surface area (Å²) in [7, 11) is 0. The van der Waals surface area contributed by atoms with Crippen LogP contribution in [-0.2, 0) is 6.54 Å². The fourth-order valence-electron chi connectivity index (χ4n) is 5.38. The second-order valence-electron chi connectivity index (χ2n) is 10.2. The molecule has 1 aromatic heterocycles. The van der Waals surface area contributed by atoms with Gasteiger partial charge in [0.05, 0.1) is 17.1 Å². The third-order valence-corrected chi connectivity index (χ3v) is 7.84. The minimum absolute atomic E-state index is 0.238. The minimum atomic E-state index is -0.805. The molecule has 2 aromatic carbocycles. The fourth-order valence-corrected chi connectivity index (χ4v) is 5.66. The zero-order valence-electron chi connectivity index (χ0n) is 22.4. The van der Waals surface area contributed by atoms with Crippen LogP contribution in [-0.4, -0.2) is 79.2 Å². The lowest BCUT2D eigenvalue weighted by Crippen LogP contribution is -2.53. The summed E-state index contributed by atoms with van der Waals surface area (Å²) in [6, 6.07) is 15.8. The molecule has 212 valence electrons. The maximum atomic E-state index is 13.5. The maximum Gasteiger partial charge on any atom is 0.253 e. The minimum Gasteiger partial charge on any atom is -0.492 e. The second kappa shape index (κ2) is 13.4. The van der Waals surface area contributed by atoms with E-state index in [1.54, 1.807) is 18.3 Å². The molecule has 3 heterocycles. The van der Waals surface area contributed by atoms with Crippen molar-refractivity contribution in [3.8, 4) is 5.75 Å². The molecule has 0 saturated carbocycles. The Labute approximate surface area is 238 Å². The van der Waals surface area contributed by atoms with Crippen LogP contribution in [0.5, 0.6) is 5.75 Å². The summed E-state index contributed by atoms with van der Waals surface area (Å²) in [5.74, 6) is -0.372. The van der Waals surface area contributed by atoms with Crippen LogP contribution in [0, 0.1) is 11.6 Å². The van der Waals surface area contributed by atoms with E-state index in [4.69, 9.17) is 16.3 Å². The van der Waals surface area contributed by atoms with Gasteiger partial charge in [-0.15, -0.1) is 0 Å². The molecule has 2 saturated heterocycles. The van der Waals surface area contributed by atoms with Crippen molar-refractivity contribution in [2.45, 2.75) is 25.4 Å². The quantitative estimate of drug-likeness (QED) is 0.380. The molecule has 2 aliphatic rings. The molecule has 2 aliphatic heterocycles. The predicted molar refractivity (Wildman–Crippen MR) is 152 cm³/mol. The highest BCUT2D eigenvalue weighted by atomic mass is 35.5. The van der Waals surface area contributed by atoms with Crippen molar-refractivity contribution in [1.29, 1.82) is 0 Å². The number of piperidine rings is 1. The normalized spacial score (nSPS) is 17.1. The van der Waals surface area contributed by atoms with Crippen molar-refractivity contribution in [3.63, 3.8) is 0 Å². The first kappa shape index (κ1) is 28.3. The van der Waals surface area contributed by atoms with Crippen LogP contribution in [0.25, 0.3) is 0 Å². The van der Waals surface area contributed by atoms with E-state index in [0.29, 0.717) is 42.1 Å². The third-order valence-electron chi connectivity index (χ3n) is 7.56. The van der Waals surface area contributed by atoms with E-state index >= 15 is 0 Å². The van der Waals surface area contributed by atoms with Gasteiger partial charge in [0, 0.05) is 45.0 Å². The number of nitrogens with one attached hydrogen (secondary N) is 1. The van der Waals surface area contributed by atoms with E-state index < -0.39 is 11.6 Å². The topological polar surface area (TPSA) is 60.9 Å². The number of benzene rings is 2. The van der Waals surface area contributed by atoms with E-state index in [0.717, 1.165) is 63.4 Å². The number of likely N-dealkylation sites (tertiary alicyclic amines) is 1. The molecule has 40 heavy (non-hydrogen) atoms. The van der Waals surface area contributed by atoms with Crippen LogP contribution in [0.1, 0.15) is 28.8 Å². The molecule has 0 radical (unpaired) electrons. The number of hydrogen-bond donors (Lipinski definition) is 1. The molecule has 0 atom stereocenters. The van der Waals surface area contributed by atoms with Gasteiger partial charge >= 0.3 is 0 Å². The van der Waals surface area contributed by atoms with Gasteiger partial charge in [0.1, 0.15) is 18.2 Å². The number of piperazine rings is 1. The molecule has 0 unspecified atom stereocenters. The summed E-state index contributed by atoms with van der Waals surface area (Å²) < 4.78 is 32.4. The van der Waals surface area contributed by atoms with E-state index in [2.05, 4.69) is 25.0 Å². The van der Waals surface area contributed by atoms with E-state index in [9.17, 15) is 13.6 Å². The SMILES string of the molecule is O=C(NCCOc1ccccc1)c1cnc(N2CCN(C3CCN(Cc4ccc(F)c(F)c4)CC3)CC2)c(Cl)c1. The van der Waals surface area contributed by atoms with Gasteiger partial charge in [-0.25, -0.2) is 13.8 Å². The Morgan fingerprint density at radius 2 is 1.73 bits per heavy atom. The highest BCUT2D eigenvalue weighted by molar-refractivity contribution is 6.33. The highest BCUT2D eigenvalue weighted by Crippen LogP contribution is 2.27. The van der Waals surface area contributed by atoms with E-state index in [-0.39, 0.29) is 5.91 Å². The number of halogens is 3. The van der Waals surface area contributed by atoms with Crippen LogP contribution in [0.15, 0.2) is 60.8 Å². The van der Waals surface area contributed by atoms with Crippen molar-refractivity contribution in [3.05, 3.63) is 88.6 Å². The molecular formula is C30H34ClF2N5O2. The second-order valence-corrected chi connectivity index (χ2v) is 10.6. The van der Waals surface area contributed by atoms with Gasteiger partial charge in [-0.2, -0.15) is 0 Å². The number of para-hydroxylation sites is 1. The van der Waals surface area contributed by atoms with Gasteiger partial charge in [-0.1, -0.05) is 35.9 Å². The van der Waals surface area contributed by atoms with Crippen molar-refractivity contribution in [2.75, 3.05) is 57.3 Å². The zero-order valence-corrected chi connectivity index (χ0v) is 23.1. The van der Waals surface area contributed by atoms with Crippen molar-refractivity contribution < 1.29 is 18.3 Å². The Bertz CT molecular complexity index is 1280. The summed E-state index contributed by atoms with van der Waals surface area (Å²) in [5.41, 5.74) is 1.22. The summed E-state index contributed by atoms with van der Waals surface area (Å²) in [4.78, 5) is 24.1. The van der Waals surface area contributed by atoms with Gasteiger partial charge in [0.15, 0.2) is 11.6 Å². The van der Waals surface area contributed by atoms with Crippen LogP contribution in [0.3, 0.4) is 0 Å². The number of anilines is 1. The summed E-state index contributed by atoms with van der Waals surface area (Å²) >= 11 is 6.56. The monoisotopic (exact) mass is 569 g/mol. The molecule has 0 bridgehead atoms. The largest absolute Gasteiger partial charge is 0.492 e. The number of amides is 1. The molecule has 3 aromatic rings. The summed E-state index contributed by atoms with van der Waals surface area (Å²) in [5, 5.41) is 3.31. The Morgan fingerprint density at radius 1 is 0.975 bits per heavy atom. The zero-order chi connectivity index (χ0) is 27.9. The first-order valence-electron chi connectivity index (χ1n) is 13.7. The number of aromatic nitrogens is 1. The Balaban J connectivity index is 1.05. The number of carbonyl (C=O) groups is 1. The number of carbonyl (C=O) groups excluding carboxylic acids is 1. The lowest BCUT2D eigenvalue weighted by molar-refractivity contribution is 0.0946. The fraction of sp³-hybridized carbons (Fsp3) is 0.400. The van der Waals surface area contributed by atoms with Gasteiger partial charge in [-0.3, -0.25) is 14.6 Å². The van der Waals surface area contributed by atoms with Crippen molar-refractivity contribution in [1.82, 2.24) is 20.1 Å². The van der Waals surface area contributed by atoms with Crippen LogP contribution < -0.4 is 15.0 Å². The molecular weight excluding hydrogens is 536 g/mol. The highest BCUT2D eigenvalue weighted by Gasteiger charge is 2.28. The first-order chi connectivity index (χ1) is 19.5. The number of nitrogens with zero attached hydrogens (tertiary/aromatic N) is 4. The van der Waals surface area contributed by atoms with Crippen molar-refractivity contribution in [2.24, 2.45) is 0 Å². The third kappa shape index (κ3) is 7.27. The van der Waals surface area contributed by atoms with E-state index in [1.807, 2.05) is 30.3 Å². The number of rotatable bonds is 9. The van der Waals surface area contributed by atoms with Gasteiger partial charge < -0.3 is 15.0 Å². The smallest absolute Gasteiger partial charge is 0.253 e. The Kier molecular flexibility index (Phi) is 9.46. The number of pyridine rings is 1. The molecule has 1 N–H and O–H groups in total. The number of ether oxygens (including phenoxy) is 1. The van der Waals surface area contributed by atoms with Crippen LogP contribution >= 0.6 is 11.6 Å². The number of hydrogen-bond acceptors (Lipinski definition) is 6. The Hall–Kier alpha value is -3.27. The predicted octanol–water partition coefficient (Wildman–Crippen LogP) is 4.61. The van der Waals surface area contributed by atoms with E-state index in [1.165, 1.54) is 12.1 Å². The summed E-state index contributed by atoms with van der Waals surface area (Å²) in [6.45, 7) is 6.68. The average molecular weight is 570 g/mol. The standard InChI is InChI=1S/C30H34ClF2N5O2/c31-26-19-23(30(39)34-10-17-40-25-4-2-1-3-5-25)20-35-29(26)38-15-13-37(14-16-38)24-8-11-36(12-9-24)21-22-6-7-27(32)28(33)18-22/h1-7,18-20,24H,8-17,21H2,(H,34,39). The average Bonchev–Trinajstić information content (AvgIpc) is 2.98. The van der Waals surface area contributed by atoms with Crippen molar-refractivity contribution >= 4 is 23.3 Å². The molecule has 5 rings (SSSR count). The van der Waals surface area contributed by atoms with Gasteiger partial charge in [0.25, 0.3) is 5.91 Å². The summed E-state index contributed by atoms with van der Waals surface area (Å²) in [6.07, 6.45) is 3.66. The van der Waals surface area contributed by atoms with Gasteiger partial charge in [-0.05, 0) is 61.8 Å². The molecule has 7 nitrogen and oxygen atoms in total. The lowest BCUT2D eigenvalue weighted by atomic mass is 10.0. The maximum absolute atomic E-state index is 13.5. The molecule has 2 fully saturated rings. The van der Waals surface area contributed by atoms with Gasteiger partial charge in [0.2, 0.25) is 0 Å². The lowest BCUT2D eigenvalue weighted by Gasteiger charge is -2.43. The Morgan fingerprint density at radius 3 is 2.42 bits per heavy atom. The molecule has 0 spiro atoms. The van der Waals surface area contributed by atoms with Crippen LogP contribution in [0.2, 0.25) is 5.02 Å². The first-order valence-corrected chi connectivity index (χ1v) is 14.1. The molecule has 1 amide bonds. The van der Waals surface area contributed by atoms with Crippen LogP contribution in [0.4, 0.5) is 14.6 Å². The molecule has 10 heteroatoms.